The molecule has 1 saturated carbocycles. The Kier molecular flexibility index (Phi) is 6.85. The number of carbonyl (C=O) groups is 2. The molecule has 176 valence electrons. The van der Waals surface area contributed by atoms with Crippen molar-refractivity contribution in [1.82, 2.24) is 10.0 Å². The van der Waals surface area contributed by atoms with E-state index in [1.165, 1.54) is 25.1 Å². The maximum atomic E-state index is 12.9. The van der Waals surface area contributed by atoms with Crippen LogP contribution in [-0.4, -0.2) is 45.6 Å². The highest BCUT2D eigenvalue weighted by molar-refractivity contribution is 7.89. The van der Waals surface area contributed by atoms with Crippen LogP contribution in [0.5, 0.6) is 11.5 Å². The Labute approximate surface area is 192 Å². The topological polar surface area (TPSA) is 120 Å². The number of amides is 1. The molecular formula is C23H26N2O7S. The standard InChI is InChI=1S/C23H26N2O7S/c1-15(25-33(28,29)18-10-11-19-20(14-18)31-13-5-12-30-19)23(27)32-21(16-6-3-2-4-7-16)22(26)24-17-8-9-17/h2-4,6-7,10-11,14-15,17,21,25H,5,8-9,12-13H2,1H3,(H,24,26). The molecule has 1 aliphatic heterocycles. The molecule has 9 nitrogen and oxygen atoms in total. The molecule has 4 rings (SSSR count). The second kappa shape index (κ2) is 9.80. The van der Waals surface area contributed by atoms with E-state index in [0.29, 0.717) is 36.7 Å². The van der Waals surface area contributed by atoms with E-state index in [1.807, 2.05) is 0 Å². The predicted molar refractivity (Wildman–Crippen MR) is 118 cm³/mol. The second-order valence-corrected chi connectivity index (χ2v) is 9.73. The lowest BCUT2D eigenvalue weighted by Gasteiger charge is -2.21. The number of nitrogens with one attached hydrogen (secondary N) is 2. The van der Waals surface area contributed by atoms with E-state index in [4.69, 9.17) is 14.2 Å². The van der Waals surface area contributed by atoms with Gasteiger partial charge in [0.15, 0.2) is 11.5 Å². The summed E-state index contributed by atoms with van der Waals surface area (Å²) in [6.07, 6.45) is 1.28. The Balaban J connectivity index is 1.46. The fraction of sp³-hybridized carbons (Fsp3) is 0.391. The lowest BCUT2D eigenvalue weighted by atomic mass is 10.1. The van der Waals surface area contributed by atoms with Gasteiger partial charge < -0.3 is 19.5 Å². The minimum atomic E-state index is -4.07. The van der Waals surface area contributed by atoms with Crippen LogP contribution in [0.2, 0.25) is 0 Å². The first-order valence-electron chi connectivity index (χ1n) is 10.8. The highest BCUT2D eigenvalue weighted by Gasteiger charge is 2.33. The molecular weight excluding hydrogens is 448 g/mol. The van der Waals surface area contributed by atoms with Gasteiger partial charge in [-0.1, -0.05) is 30.3 Å². The van der Waals surface area contributed by atoms with E-state index in [0.717, 1.165) is 12.8 Å². The molecule has 0 aromatic heterocycles. The summed E-state index contributed by atoms with van der Waals surface area (Å²) < 4.78 is 44.6. The van der Waals surface area contributed by atoms with Crippen molar-refractivity contribution in [2.75, 3.05) is 13.2 Å². The molecule has 2 atom stereocenters. The van der Waals surface area contributed by atoms with Gasteiger partial charge in [-0.05, 0) is 31.9 Å². The maximum absolute atomic E-state index is 12.9. The number of hydrogen-bond donors (Lipinski definition) is 2. The number of fused-ring (bicyclic) bond motifs is 1. The fourth-order valence-corrected chi connectivity index (χ4v) is 4.49. The highest BCUT2D eigenvalue weighted by atomic mass is 32.2. The molecule has 0 bridgehead atoms. The highest BCUT2D eigenvalue weighted by Crippen LogP contribution is 2.32. The van der Waals surface area contributed by atoms with Crippen LogP contribution in [0.3, 0.4) is 0 Å². The average Bonchev–Trinajstić information content (AvgIpc) is 3.63. The molecule has 2 aromatic carbocycles. The van der Waals surface area contributed by atoms with Crippen molar-refractivity contribution in [3.05, 3.63) is 54.1 Å². The number of sulfonamides is 1. The van der Waals surface area contributed by atoms with E-state index in [9.17, 15) is 18.0 Å². The zero-order valence-electron chi connectivity index (χ0n) is 18.2. The lowest BCUT2D eigenvalue weighted by Crippen LogP contribution is -2.42. The van der Waals surface area contributed by atoms with Gasteiger partial charge in [-0.15, -0.1) is 0 Å². The van der Waals surface area contributed by atoms with Crippen LogP contribution in [0.15, 0.2) is 53.4 Å². The van der Waals surface area contributed by atoms with E-state index in [-0.39, 0.29) is 10.9 Å². The summed E-state index contributed by atoms with van der Waals surface area (Å²) in [4.78, 5) is 25.3. The molecule has 1 amide bonds. The molecule has 0 radical (unpaired) electrons. The molecule has 1 heterocycles. The van der Waals surface area contributed by atoms with Gasteiger partial charge in [-0.3, -0.25) is 9.59 Å². The molecule has 2 aromatic rings. The molecule has 2 aliphatic rings. The second-order valence-electron chi connectivity index (χ2n) is 8.01. The van der Waals surface area contributed by atoms with Crippen molar-refractivity contribution in [3.8, 4) is 11.5 Å². The summed E-state index contributed by atoms with van der Waals surface area (Å²) in [5, 5.41) is 2.82. The zero-order chi connectivity index (χ0) is 23.4. The number of ether oxygens (including phenoxy) is 3. The van der Waals surface area contributed by atoms with Gasteiger partial charge in [-0.25, -0.2) is 8.42 Å². The fourth-order valence-electron chi connectivity index (χ4n) is 3.28. The molecule has 0 saturated heterocycles. The van der Waals surface area contributed by atoms with Crippen LogP contribution in [0.1, 0.15) is 37.9 Å². The van der Waals surface area contributed by atoms with Crippen LogP contribution in [-0.2, 0) is 24.3 Å². The summed E-state index contributed by atoms with van der Waals surface area (Å²) in [5.41, 5.74) is 0.502. The lowest BCUT2D eigenvalue weighted by molar-refractivity contribution is -0.157. The van der Waals surface area contributed by atoms with E-state index >= 15 is 0 Å². The summed E-state index contributed by atoms with van der Waals surface area (Å²) >= 11 is 0. The van der Waals surface area contributed by atoms with Crippen LogP contribution >= 0.6 is 0 Å². The first-order chi connectivity index (χ1) is 15.8. The predicted octanol–water partition coefficient (Wildman–Crippen LogP) is 2.08. The van der Waals surface area contributed by atoms with Gasteiger partial charge in [0.1, 0.15) is 6.04 Å². The largest absolute Gasteiger partial charge is 0.490 e. The van der Waals surface area contributed by atoms with Crippen molar-refractivity contribution in [2.24, 2.45) is 0 Å². The van der Waals surface area contributed by atoms with Gasteiger partial charge in [0.25, 0.3) is 5.91 Å². The number of benzene rings is 2. The van der Waals surface area contributed by atoms with Crippen molar-refractivity contribution in [3.63, 3.8) is 0 Å². The molecule has 33 heavy (non-hydrogen) atoms. The Morgan fingerprint density at radius 2 is 1.73 bits per heavy atom. The number of esters is 1. The maximum Gasteiger partial charge on any atom is 0.325 e. The minimum absolute atomic E-state index is 0.0718. The van der Waals surface area contributed by atoms with Crippen molar-refractivity contribution >= 4 is 21.9 Å². The first kappa shape index (κ1) is 23.1. The van der Waals surface area contributed by atoms with Crippen molar-refractivity contribution < 1.29 is 32.2 Å². The smallest absolute Gasteiger partial charge is 0.325 e. The quantitative estimate of drug-likeness (QED) is 0.562. The Hall–Kier alpha value is -3.11. The Morgan fingerprint density at radius 1 is 1.03 bits per heavy atom. The molecule has 1 fully saturated rings. The van der Waals surface area contributed by atoms with Crippen molar-refractivity contribution in [2.45, 2.75) is 49.3 Å². The van der Waals surface area contributed by atoms with Crippen LogP contribution in [0.25, 0.3) is 0 Å². The molecule has 2 N–H and O–H groups in total. The first-order valence-corrected chi connectivity index (χ1v) is 12.3. The van der Waals surface area contributed by atoms with E-state index in [2.05, 4.69) is 10.0 Å². The minimum Gasteiger partial charge on any atom is -0.490 e. The third kappa shape index (κ3) is 5.82. The van der Waals surface area contributed by atoms with Gasteiger partial charge in [-0.2, -0.15) is 4.72 Å². The van der Waals surface area contributed by atoms with E-state index in [1.54, 1.807) is 30.3 Å². The molecule has 10 heteroatoms. The average molecular weight is 475 g/mol. The van der Waals surface area contributed by atoms with Gasteiger partial charge in [0, 0.05) is 24.1 Å². The SMILES string of the molecule is CC(NS(=O)(=O)c1ccc2c(c1)OCCCO2)C(=O)OC(C(=O)NC1CC1)c1ccccc1. The van der Waals surface area contributed by atoms with Gasteiger partial charge >= 0.3 is 5.97 Å². The molecule has 2 unspecified atom stereocenters. The van der Waals surface area contributed by atoms with Crippen LogP contribution in [0.4, 0.5) is 0 Å². The zero-order valence-corrected chi connectivity index (χ0v) is 19.0. The monoisotopic (exact) mass is 474 g/mol. The van der Waals surface area contributed by atoms with Crippen LogP contribution in [0, 0.1) is 0 Å². The third-order valence-electron chi connectivity index (χ3n) is 5.21. The number of hydrogen-bond acceptors (Lipinski definition) is 7. The number of rotatable bonds is 8. The molecule has 0 spiro atoms. The molecule has 1 aliphatic carbocycles. The van der Waals surface area contributed by atoms with Gasteiger partial charge in [0.05, 0.1) is 18.1 Å². The Morgan fingerprint density at radius 3 is 2.42 bits per heavy atom. The summed E-state index contributed by atoms with van der Waals surface area (Å²) in [7, 11) is -4.07. The summed E-state index contributed by atoms with van der Waals surface area (Å²) in [6, 6.07) is 11.7. The van der Waals surface area contributed by atoms with Crippen LogP contribution < -0.4 is 19.5 Å². The Bertz CT molecular complexity index is 1120. The number of carbonyl (C=O) groups excluding carboxylic acids is 2. The normalized spacial score (nSPS) is 17.4. The van der Waals surface area contributed by atoms with E-state index < -0.39 is 34.0 Å². The summed E-state index contributed by atoms with van der Waals surface area (Å²) in [6.45, 7) is 2.26. The van der Waals surface area contributed by atoms with Crippen molar-refractivity contribution in [1.29, 1.82) is 0 Å². The summed E-state index contributed by atoms with van der Waals surface area (Å²) in [5.74, 6) is -0.513. The third-order valence-corrected chi connectivity index (χ3v) is 6.75. The van der Waals surface area contributed by atoms with Gasteiger partial charge in [0.2, 0.25) is 16.1 Å².